The van der Waals surface area contributed by atoms with Crippen LogP contribution in [0.25, 0.3) is 0 Å². The van der Waals surface area contributed by atoms with E-state index in [0.29, 0.717) is 17.2 Å². The number of amides is 1. The number of hydrogen-bond acceptors (Lipinski definition) is 6. The predicted octanol–water partition coefficient (Wildman–Crippen LogP) is 2.54. The first-order valence-electron chi connectivity index (χ1n) is 6.72. The summed E-state index contributed by atoms with van der Waals surface area (Å²) in [5.74, 6) is 0.243. The van der Waals surface area contributed by atoms with Gasteiger partial charge in [-0.05, 0) is 24.1 Å². The number of rotatable bonds is 6. The van der Waals surface area contributed by atoms with E-state index in [0.717, 1.165) is 17.8 Å². The minimum absolute atomic E-state index is 0.138. The summed E-state index contributed by atoms with van der Waals surface area (Å²) in [6, 6.07) is 7.33. The zero-order valence-electron chi connectivity index (χ0n) is 12.4. The first kappa shape index (κ1) is 16.0. The molecule has 2 N–H and O–H groups in total. The van der Waals surface area contributed by atoms with Crippen LogP contribution in [0.5, 0.6) is 0 Å². The van der Waals surface area contributed by atoms with E-state index in [2.05, 4.69) is 15.6 Å². The molecule has 0 aliphatic heterocycles. The van der Waals surface area contributed by atoms with E-state index < -0.39 is 0 Å². The highest BCUT2D eigenvalue weighted by Crippen LogP contribution is 2.19. The Hall–Kier alpha value is -2.41. The van der Waals surface area contributed by atoms with Crippen LogP contribution in [-0.2, 0) is 16.0 Å². The number of methoxy groups -OCH3 is 1. The predicted molar refractivity (Wildman–Crippen MR) is 86.4 cm³/mol. The van der Waals surface area contributed by atoms with Gasteiger partial charge in [0.1, 0.15) is 5.82 Å². The topological polar surface area (TPSA) is 80.3 Å². The van der Waals surface area contributed by atoms with E-state index in [4.69, 9.17) is 4.74 Å². The molecule has 0 aliphatic rings. The summed E-state index contributed by atoms with van der Waals surface area (Å²) in [5, 5.41) is 8.23. The number of ether oxygens (including phenoxy) is 1. The number of nitrogens with zero attached hydrogens (tertiary/aromatic N) is 1. The monoisotopic (exact) mass is 319 g/mol. The van der Waals surface area contributed by atoms with Crippen LogP contribution in [0.1, 0.15) is 22.8 Å². The Morgan fingerprint density at radius 2 is 2.18 bits per heavy atom. The Balaban J connectivity index is 1.87. The quantitative estimate of drug-likeness (QED) is 0.800. The number of esters is 1. The molecule has 0 atom stereocenters. The lowest BCUT2D eigenvalue weighted by molar-refractivity contribution is -0.114. The van der Waals surface area contributed by atoms with Gasteiger partial charge in [0.05, 0.1) is 12.7 Å². The van der Waals surface area contributed by atoms with Crippen molar-refractivity contribution in [3.63, 3.8) is 0 Å². The summed E-state index contributed by atoms with van der Waals surface area (Å²) in [4.78, 5) is 26.6. The van der Waals surface area contributed by atoms with Crippen LogP contribution in [-0.4, -0.2) is 30.5 Å². The van der Waals surface area contributed by atoms with Crippen molar-refractivity contribution in [3.8, 4) is 0 Å². The SMILES string of the molecule is COC(=O)c1cccc(CCNc2csc(NC(C)=O)n2)c1. The third-order valence-corrected chi connectivity index (χ3v) is 3.61. The fourth-order valence-electron chi connectivity index (χ4n) is 1.87. The molecule has 6 nitrogen and oxygen atoms in total. The molecule has 0 saturated carbocycles. The molecule has 0 saturated heterocycles. The van der Waals surface area contributed by atoms with Crippen molar-refractivity contribution >= 4 is 34.2 Å². The van der Waals surface area contributed by atoms with Gasteiger partial charge in [-0.1, -0.05) is 12.1 Å². The Kier molecular flexibility index (Phi) is 5.48. The zero-order chi connectivity index (χ0) is 15.9. The molecule has 0 fully saturated rings. The van der Waals surface area contributed by atoms with E-state index in [9.17, 15) is 9.59 Å². The maximum Gasteiger partial charge on any atom is 0.337 e. The van der Waals surface area contributed by atoms with E-state index >= 15 is 0 Å². The molecule has 1 aromatic carbocycles. The molecule has 1 aromatic heterocycles. The lowest BCUT2D eigenvalue weighted by Crippen LogP contribution is -2.08. The third kappa shape index (κ3) is 4.56. The normalized spacial score (nSPS) is 10.1. The van der Waals surface area contributed by atoms with E-state index in [-0.39, 0.29) is 11.9 Å². The molecule has 2 rings (SSSR count). The largest absolute Gasteiger partial charge is 0.465 e. The van der Waals surface area contributed by atoms with E-state index in [1.165, 1.54) is 25.4 Å². The van der Waals surface area contributed by atoms with Gasteiger partial charge in [0, 0.05) is 18.8 Å². The Bertz CT molecular complexity index is 670. The standard InChI is InChI=1S/C15H17N3O3S/c1-10(19)17-15-18-13(9-22-15)16-7-6-11-4-3-5-12(8-11)14(20)21-2/h3-5,8-9,16H,6-7H2,1-2H3,(H,17,18,19). The Labute approximate surface area is 132 Å². The molecule has 0 aliphatic carbocycles. The fraction of sp³-hybridized carbons (Fsp3) is 0.267. The van der Waals surface area contributed by atoms with Gasteiger partial charge in [0.2, 0.25) is 5.91 Å². The smallest absolute Gasteiger partial charge is 0.337 e. The van der Waals surface area contributed by atoms with Crippen molar-refractivity contribution in [3.05, 3.63) is 40.8 Å². The van der Waals surface area contributed by atoms with Gasteiger partial charge >= 0.3 is 5.97 Å². The zero-order valence-corrected chi connectivity index (χ0v) is 13.2. The summed E-state index contributed by atoms with van der Waals surface area (Å²) in [6.07, 6.45) is 0.748. The number of thiazole rings is 1. The molecule has 7 heteroatoms. The fourth-order valence-corrected chi connectivity index (χ4v) is 2.58. The first-order chi connectivity index (χ1) is 10.6. The number of anilines is 2. The van der Waals surface area contributed by atoms with Crippen LogP contribution in [0.3, 0.4) is 0 Å². The van der Waals surface area contributed by atoms with Gasteiger partial charge in [-0.3, -0.25) is 4.79 Å². The lowest BCUT2D eigenvalue weighted by Gasteiger charge is -2.05. The number of carbonyl (C=O) groups is 2. The first-order valence-corrected chi connectivity index (χ1v) is 7.60. The van der Waals surface area contributed by atoms with Crippen LogP contribution in [0.15, 0.2) is 29.6 Å². The number of hydrogen-bond donors (Lipinski definition) is 2. The van der Waals surface area contributed by atoms with Crippen LogP contribution in [0.4, 0.5) is 10.9 Å². The van der Waals surface area contributed by atoms with E-state index in [1.807, 2.05) is 23.6 Å². The van der Waals surface area contributed by atoms with Crippen molar-refractivity contribution in [2.45, 2.75) is 13.3 Å². The number of benzene rings is 1. The molecule has 22 heavy (non-hydrogen) atoms. The minimum atomic E-state index is -0.339. The molecule has 1 amide bonds. The van der Waals surface area contributed by atoms with Crippen molar-refractivity contribution < 1.29 is 14.3 Å². The molecule has 0 radical (unpaired) electrons. The van der Waals surface area contributed by atoms with Crippen LogP contribution >= 0.6 is 11.3 Å². The summed E-state index contributed by atoms with van der Waals surface area (Å²) >= 11 is 1.37. The average Bonchev–Trinajstić information content (AvgIpc) is 2.93. The highest BCUT2D eigenvalue weighted by Gasteiger charge is 2.06. The maximum atomic E-state index is 11.5. The second-order valence-corrected chi connectivity index (χ2v) is 5.45. The van der Waals surface area contributed by atoms with Crippen LogP contribution in [0, 0.1) is 0 Å². The summed E-state index contributed by atoms with van der Waals surface area (Å²) in [7, 11) is 1.37. The lowest BCUT2D eigenvalue weighted by atomic mass is 10.1. The molecule has 1 heterocycles. The summed E-state index contributed by atoms with van der Waals surface area (Å²) in [5.41, 5.74) is 1.58. The second kappa shape index (κ2) is 7.56. The second-order valence-electron chi connectivity index (χ2n) is 4.59. The van der Waals surface area contributed by atoms with Crippen molar-refractivity contribution in [1.29, 1.82) is 0 Å². The molecule has 2 aromatic rings. The Morgan fingerprint density at radius 3 is 2.91 bits per heavy atom. The maximum absolute atomic E-state index is 11.5. The van der Waals surface area contributed by atoms with Crippen molar-refractivity contribution in [2.75, 3.05) is 24.3 Å². The molecule has 0 bridgehead atoms. The number of nitrogens with one attached hydrogen (secondary N) is 2. The highest BCUT2D eigenvalue weighted by atomic mass is 32.1. The van der Waals surface area contributed by atoms with Gasteiger partial charge < -0.3 is 15.4 Å². The Morgan fingerprint density at radius 1 is 1.36 bits per heavy atom. The van der Waals surface area contributed by atoms with Gasteiger partial charge in [-0.25, -0.2) is 9.78 Å². The minimum Gasteiger partial charge on any atom is -0.465 e. The molecule has 0 unspecified atom stereocenters. The van der Waals surface area contributed by atoms with Gasteiger partial charge in [-0.15, -0.1) is 11.3 Å². The molecule has 116 valence electrons. The van der Waals surface area contributed by atoms with Crippen LogP contribution in [0.2, 0.25) is 0 Å². The third-order valence-electron chi connectivity index (χ3n) is 2.86. The average molecular weight is 319 g/mol. The molecular weight excluding hydrogens is 302 g/mol. The molecule has 0 spiro atoms. The van der Waals surface area contributed by atoms with Crippen LogP contribution < -0.4 is 10.6 Å². The van der Waals surface area contributed by atoms with Crippen molar-refractivity contribution in [1.82, 2.24) is 4.98 Å². The van der Waals surface area contributed by atoms with E-state index in [1.54, 1.807) is 6.07 Å². The molecular formula is C15H17N3O3S. The van der Waals surface area contributed by atoms with Crippen molar-refractivity contribution in [2.24, 2.45) is 0 Å². The number of aromatic nitrogens is 1. The van der Waals surface area contributed by atoms with Gasteiger partial charge in [-0.2, -0.15) is 0 Å². The van der Waals surface area contributed by atoms with Gasteiger partial charge in [0.15, 0.2) is 5.13 Å². The van der Waals surface area contributed by atoms with Gasteiger partial charge in [0.25, 0.3) is 0 Å². The highest BCUT2D eigenvalue weighted by molar-refractivity contribution is 7.14. The summed E-state index contributed by atoms with van der Waals surface area (Å²) in [6.45, 7) is 2.12. The number of carbonyl (C=O) groups excluding carboxylic acids is 2. The summed E-state index contributed by atoms with van der Waals surface area (Å²) < 4.78 is 4.70.